The summed E-state index contributed by atoms with van der Waals surface area (Å²) < 4.78 is 0. The third-order valence-electron chi connectivity index (χ3n) is 7.89. The minimum absolute atomic E-state index is 0.182. The van der Waals surface area contributed by atoms with E-state index in [0.717, 1.165) is 18.4 Å². The van der Waals surface area contributed by atoms with Crippen LogP contribution >= 0.6 is 0 Å². The Morgan fingerprint density at radius 1 is 0.553 bits per heavy atom. The van der Waals surface area contributed by atoms with Gasteiger partial charge in [0.25, 0.3) is 0 Å². The molecule has 2 unspecified atom stereocenters. The maximum Gasteiger partial charge on any atom is 0.0125 e. The minimum atomic E-state index is 0.182. The van der Waals surface area contributed by atoms with Crippen molar-refractivity contribution in [2.75, 3.05) is 0 Å². The Bertz CT molecular complexity index is 1630. The van der Waals surface area contributed by atoms with Gasteiger partial charge in [-0.2, -0.15) is 0 Å². The molecule has 184 valence electrons. The Morgan fingerprint density at radius 3 is 1.66 bits per heavy atom. The molecule has 0 spiro atoms. The molecule has 0 aromatic heterocycles. The summed E-state index contributed by atoms with van der Waals surface area (Å²) in [4.78, 5) is 0. The summed E-state index contributed by atoms with van der Waals surface area (Å²) in [7, 11) is 0. The normalized spacial score (nSPS) is 16.6. The fourth-order valence-electron chi connectivity index (χ4n) is 6.02. The highest BCUT2D eigenvalue weighted by Gasteiger charge is 2.27. The summed E-state index contributed by atoms with van der Waals surface area (Å²) in [6, 6.07) is 39.1. The summed E-state index contributed by atoms with van der Waals surface area (Å²) in [5.41, 5.74) is 7.52. The molecule has 5 aromatic carbocycles. The fraction of sp³-hybridized carbons (Fsp3) is 0.105. The highest BCUT2D eigenvalue weighted by molar-refractivity contribution is 6.15. The van der Waals surface area contributed by atoms with Crippen LogP contribution in [-0.4, -0.2) is 0 Å². The minimum Gasteiger partial charge on any atom is -0.0952 e. The lowest BCUT2D eigenvalue weighted by molar-refractivity contribution is 0.718. The Hall–Kier alpha value is -4.42. The van der Waals surface area contributed by atoms with Crippen LogP contribution in [0.2, 0.25) is 0 Å². The molecule has 1 aliphatic rings. The van der Waals surface area contributed by atoms with E-state index in [2.05, 4.69) is 140 Å². The van der Waals surface area contributed by atoms with Crippen molar-refractivity contribution in [2.24, 2.45) is 5.92 Å². The number of hydrogen-bond donors (Lipinski definition) is 0. The molecule has 1 aliphatic carbocycles. The maximum atomic E-state index is 4.77. The molecule has 0 heterocycles. The van der Waals surface area contributed by atoms with Gasteiger partial charge in [0.2, 0.25) is 0 Å². The molecule has 38 heavy (non-hydrogen) atoms. The van der Waals surface area contributed by atoms with Crippen molar-refractivity contribution < 1.29 is 0 Å². The average Bonchev–Trinajstić information content (AvgIpc) is 2.99. The first-order chi connectivity index (χ1) is 18.7. The zero-order valence-corrected chi connectivity index (χ0v) is 21.7. The number of aryl methyl sites for hydroxylation is 1. The molecule has 0 N–H and O–H groups in total. The monoisotopic (exact) mass is 488 g/mol. The lowest BCUT2D eigenvalue weighted by Gasteiger charge is -2.29. The van der Waals surface area contributed by atoms with Crippen LogP contribution in [0.3, 0.4) is 0 Å². The van der Waals surface area contributed by atoms with E-state index in [4.69, 9.17) is 6.58 Å². The van der Waals surface area contributed by atoms with E-state index in [1.807, 2.05) is 0 Å². The van der Waals surface area contributed by atoms with E-state index >= 15 is 0 Å². The van der Waals surface area contributed by atoms with Crippen molar-refractivity contribution in [3.05, 3.63) is 169 Å². The zero-order chi connectivity index (χ0) is 25.9. The van der Waals surface area contributed by atoms with Gasteiger partial charge in [0.15, 0.2) is 0 Å². The van der Waals surface area contributed by atoms with Gasteiger partial charge in [0, 0.05) is 11.8 Å². The largest absolute Gasteiger partial charge is 0.0952 e. The smallest absolute Gasteiger partial charge is 0.0125 e. The standard InChI is InChI=1S/C38H32/c1-27(25-26-29-15-5-3-6-16-29)37-33-21-11-13-23-35(33)38(36-24-14-12-22-34(36)37)28(2)31-19-9-10-20-32(31)30-17-7-4-8-18-30/h3-24,31-32H,1-2,25-26H2. The van der Waals surface area contributed by atoms with Crippen molar-refractivity contribution >= 4 is 32.7 Å². The zero-order valence-electron chi connectivity index (χ0n) is 21.7. The van der Waals surface area contributed by atoms with Gasteiger partial charge in [-0.1, -0.05) is 147 Å². The van der Waals surface area contributed by atoms with E-state index in [1.54, 1.807) is 0 Å². The van der Waals surface area contributed by atoms with Gasteiger partial charge in [-0.15, -0.1) is 0 Å². The van der Waals surface area contributed by atoms with Crippen LogP contribution in [0.15, 0.2) is 147 Å². The molecule has 0 fully saturated rings. The average molecular weight is 489 g/mol. The summed E-state index contributed by atoms with van der Waals surface area (Å²) in [5.74, 6) is 0.438. The van der Waals surface area contributed by atoms with Gasteiger partial charge < -0.3 is 0 Å². The lowest BCUT2D eigenvalue weighted by atomic mass is 9.74. The van der Waals surface area contributed by atoms with Crippen LogP contribution < -0.4 is 0 Å². The van der Waals surface area contributed by atoms with E-state index in [-0.39, 0.29) is 11.8 Å². The first-order valence-corrected chi connectivity index (χ1v) is 13.5. The molecular formula is C38H32. The highest BCUT2D eigenvalue weighted by Crippen LogP contribution is 2.45. The molecule has 0 nitrogen and oxygen atoms in total. The van der Waals surface area contributed by atoms with E-state index in [0.29, 0.717) is 0 Å². The lowest BCUT2D eigenvalue weighted by Crippen LogP contribution is -2.13. The van der Waals surface area contributed by atoms with Gasteiger partial charge in [-0.25, -0.2) is 0 Å². The Labute approximate surface area is 226 Å². The van der Waals surface area contributed by atoms with Crippen LogP contribution in [0.5, 0.6) is 0 Å². The van der Waals surface area contributed by atoms with Crippen LogP contribution in [0.1, 0.15) is 34.6 Å². The molecule has 0 saturated heterocycles. The molecule has 0 bridgehead atoms. The van der Waals surface area contributed by atoms with Crippen LogP contribution in [0.4, 0.5) is 0 Å². The summed E-state index contributed by atoms with van der Waals surface area (Å²) in [5, 5.41) is 5.02. The quantitative estimate of drug-likeness (QED) is 0.200. The van der Waals surface area contributed by atoms with Crippen molar-refractivity contribution in [1.29, 1.82) is 0 Å². The number of rotatable bonds is 7. The van der Waals surface area contributed by atoms with E-state index < -0.39 is 0 Å². The molecule has 0 heteroatoms. The molecule has 6 rings (SSSR count). The summed E-state index contributed by atoms with van der Waals surface area (Å²) in [6.45, 7) is 9.38. The second kappa shape index (κ2) is 10.5. The van der Waals surface area contributed by atoms with E-state index in [9.17, 15) is 0 Å². The number of hydrogen-bond acceptors (Lipinski definition) is 0. The van der Waals surface area contributed by atoms with Crippen molar-refractivity contribution in [2.45, 2.75) is 18.8 Å². The first-order valence-electron chi connectivity index (χ1n) is 13.5. The van der Waals surface area contributed by atoms with Crippen molar-refractivity contribution in [3.63, 3.8) is 0 Å². The predicted octanol–water partition coefficient (Wildman–Crippen LogP) is 10.2. The Kier molecular flexibility index (Phi) is 6.63. The van der Waals surface area contributed by atoms with Gasteiger partial charge >= 0.3 is 0 Å². The van der Waals surface area contributed by atoms with Crippen LogP contribution in [-0.2, 0) is 6.42 Å². The summed E-state index contributed by atoms with van der Waals surface area (Å²) >= 11 is 0. The topological polar surface area (TPSA) is 0 Å². The number of allylic oxidation sites excluding steroid dienone is 6. The molecule has 0 amide bonds. The molecule has 0 aliphatic heterocycles. The molecule has 5 aromatic rings. The SMILES string of the molecule is C=C(CCc1ccccc1)c1c2ccccc2c(C(=C)C2C=CC=CC2c2ccccc2)c2ccccc12. The number of fused-ring (bicyclic) bond motifs is 2. The summed E-state index contributed by atoms with van der Waals surface area (Å²) in [6.07, 6.45) is 10.9. The Morgan fingerprint density at radius 2 is 1.05 bits per heavy atom. The molecule has 0 radical (unpaired) electrons. The van der Waals surface area contributed by atoms with Crippen molar-refractivity contribution in [3.8, 4) is 0 Å². The number of benzene rings is 5. The third kappa shape index (κ3) is 4.44. The molecule has 2 atom stereocenters. The molecule has 0 saturated carbocycles. The highest BCUT2D eigenvalue weighted by atomic mass is 14.3. The Balaban J connectivity index is 1.48. The predicted molar refractivity (Wildman–Crippen MR) is 165 cm³/mol. The maximum absolute atomic E-state index is 4.77. The second-order valence-corrected chi connectivity index (χ2v) is 10.2. The van der Waals surface area contributed by atoms with Gasteiger partial charge in [0.05, 0.1) is 0 Å². The first kappa shape index (κ1) is 23.9. The van der Waals surface area contributed by atoms with Crippen LogP contribution in [0, 0.1) is 5.92 Å². The third-order valence-corrected chi connectivity index (χ3v) is 7.89. The second-order valence-electron chi connectivity index (χ2n) is 10.2. The fourth-order valence-corrected chi connectivity index (χ4v) is 6.02. The van der Waals surface area contributed by atoms with Gasteiger partial charge in [0.1, 0.15) is 0 Å². The van der Waals surface area contributed by atoms with Gasteiger partial charge in [-0.05, 0) is 67.8 Å². The van der Waals surface area contributed by atoms with Crippen molar-refractivity contribution in [1.82, 2.24) is 0 Å². The van der Waals surface area contributed by atoms with Crippen LogP contribution in [0.25, 0.3) is 32.7 Å². The van der Waals surface area contributed by atoms with E-state index in [1.165, 1.54) is 49.4 Å². The molecular weight excluding hydrogens is 456 g/mol. The van der Waals surface area contributed by atoms with Gasteiger partial charge in [-0.3, -0.25) is 0 Å².